The summed E-state index contributed by atoms with van der Waals surface area (Å²) >= 11 is 0. The lowest BCUT2D eigenvalue weighted by Gasteiger charge is -2.00. The molecule has 0 aliphatic rings. The van der Waals surface area contributed by atoms with E-state index in [0.717, 1.165) is 16.7 Å². The summed E-state index contributed by atoms with van der Waals surface area (Å²) in [5.74, 6) is 2.60. The van der Waals surface area contributed by atoms with Crippen molar-refractivity contribution in [1.29, 1.82) is 0 Å². The topological polar surface area (TPSA) is 0 Å². The van der Waals surface area contributed by atoms with E-state index in [2.05, 4.69) is 18.6 Å². The van der Waals surface area contributed by atoms with Crippen molar-refractivity contribution in [3.05, 3.63) is 47.5 Å². The van der Waals surface area contributed by atoms with Gasteiger partial charge in [-0.05, 0) is 30.2 Å². The number of benzene rings is 1. The van der Waals surface area contributed by atoms with Crippen LogP contribution in [-0.4, -0.2) is 0 Å². The van der Waals surface area contributed by atoms with E-state index in [1.807, 2.05) is 25.1 Å². The Kier molecular flexibility index (Phi) is 2.13. The van der Waals surface area contributed by atoms with Gasteiger partial charge in [0.2, 0.25) is 0 Å². The number of terminal acetylenes is 1. The largest absolute Gasteiger partial charge is 0.115 e. The molecule has 0 aliphatic heterocycles. The van der Waals surface area contributed by atoms with Gasteiger partial charge in [-0.15, -0.1) is 6.42 Å². The first-order valence-corrected chi connectivity index (χ1v) is 3.39. The molecule has 0 bridgehead atoms. The molecule has 0 fully saturated rings. The van der Waals surface area contributed by atoms with Gasteiger partial charge in [-0.1, -0.05) is 24.6 Å². The van der Waals surface area contributed by atoms with Gasteiger partial charge in [-0.25, -0.2) is 0 Å². The zero-order valence-corrected chi connectivity index (χ0v) is 6.52. The minimum atomic E-state index is 0.915. The highest BCUT2D eigenvalue weighted by Crippen LogP contribution is 2.11. The fourth-order valence-electron chi connectivity index (χ4n) is 0.984. The van der Waals surface area contributed by atoms with Gasteiger partial charge in [0.05, 0.1) is 0 Å². The summed E-state index contributed by atoms with van der Waals surface area (Å²) in [4.78, 5) is 0. The summed E-state index contributed by atoms with van der Waals surface area (Å²) in [7, 11) is 0. The van der Waals surface area contributed by atoms with Crippen molar-refractivity contribution in [3.63, 3.8) is 0 Å². The van der Waals surface area contributed by atoms with E-state index < -0.39 is 0 Å². The second kappa shape index (κ2) is 3.07. The first-order chi connectivity index (χ1) is 5.29. The molecule has 1 radical (unpaired) electrons. The Bertz CT molecular complexity index is 313. The van der Waals surface area contributed by atoms with E-state index >= 15 is 0 Å². The molecular weight excluding hydrogens is 132 g/mol. The van der Waals surface area contributed by atoms with Gasteiger partial charge in [0.15, 0.2) is 0 Å². The summed E-state index contributed by atoms with van der Waals surface area (Å²) in [6.45, 7) is 5.55. The second-order valence-electron chi connectivity index (χ2n) is 2.30. The van der Waals surface area contributed by atoms with Gasteiger partial charge in [-0.3, -0.25) is 0 Å². The van der Waals surface area contributed by atoms with Crippen LogP contribution >= 0.6 is 0 Å². The fraction of sp³-hybridized carbons (Fsp3) is 0.0909. The van der Waals surface area contributed by atoms with Crippen molar-refractivity contribution in [2.24, 2.45) is 0 Å². The highest BCUT2D eigenvalue weighted by Gasteiger charge is 1.96. The molecule has 0 saturated carbocycles. The van der Waals surface area contributed by atoms with E-state index in [0.29, 0.717) is 0 Å². The highest BCUT2D eigenvalue weighted by molar-refractivity contribution is 5.45. The van der Waals surface area contributed by atoms with Crippen LogP contribution < -0.4 is 0 Å². The van der Waals surface area contributed by atoms with E-state index in [-0.39, 0.29) is 0 Å². The molecule has 0 heteroatoms. The van der Waals surface area contributed by atoms with Crippen LogP contribution in [0.3, 0.4) is 0 Å². The minimum absolute atomic E-state index is 0.915. The van der Waals surface area contributed by atoms with Crippen molar-refractivity contribution in [3.8, 4) is 12.3 Å². The zero-order chi connectivity index (χ0) is 8.27. The van der Waals surface area contributed by atoms with Crippen LogP contribution in [0.5, 0.6) is 0 Å². The minimum Gasteiger partial charge on any atom is -0.115 e. The van der Waals surface area contributed by atoms with Gasteiger partial charge < -0.3 is 0 Å². The molecule has 53 valence electrons. The molecule has 1 rings (SSSR count). The molecule has 0 aliphatic carbocycles. The Morgan fingerprint density at radius 3 is 2.55 bits per heavy atom. The van der Waals surface area contributed by atoms with Crippen molar-refractivity contribution in [2.75, 3.05) is 0 Å². The molecule has 0 unspecified atom stereocenters. The Morgan fingerprint density at radius 2 is 2.00 bits per heavy atom. The van der Waals surface area contributed by atoms with Gasteiger partial charge >= 0.3 is 0 Å². The standard InChI is InChI=1S/C11H9/c1-4-10-7-6-8-11(5-2)9(10)3/h1,6-8H,2H2,3H3. The maximum Gasteiger partial charge on any atom is 0.0277 e. The molecule has 1 aromatic carbocycles. The normalized spacial score (nSPS) is 8.73. The molecule has 0 saturated heterocycles. The smallest absolute Gasteiger partial charge is 0.0277 e. The summed E-state index contributed by atoms with van der Waals surface area (Å²) < 4.78 is 0. The molecular formula is C11H9. The van der Waals surface area contributed by atoms with Crippen LogP contribution in [0.15, 0.2) is 24.8 Å². The molecule has 0 amide bonds. The Labute approximate surface area is 67.6 Å². The lowest BCUT2D eigenvalue weighted by atomic mass is 10.0. The van der Waals surface area contributed by atoms with Crippen LogP contribution in [0, 0.1) is 25.3 Å². The van der Waals surface area contributed by atoms with E-state index in [1.54, 1.807) is 0 Å². The molecule has 0 atom stereocenters. The lowest BCUT2D eigenvalue weighted by Crippen LogP contribution is -1.85. The maximum absolute atomic E-state index is 5.28. The second-order valence-corrected chi connectivity index (χ2v) is 2.30. The number of hydrogen-bond donors (Lipinski definition) is 0. The maximum atomic E-state index is 5.28. The van der Waals surface area contributed by atoms with Crippen LogP contribution in [0.1, 0.15) is 16.7 Å². The third kappa shape index (κ3) is 1.33. The summed E-state index contributed by atoms with van der Waals surface area (Å²) in [5, 5.41) is 0. The van der Waals surface area contributed by atoms with Crippen molar-refractivity contribution < 1.29 is 0 Å². The van der Waals surface area contributed by atoms with Crippen LogP contribution in [0.2, 0.25) is 0 Å². The van der Waals surface area contributed by atoms with E-state index in [1.165, 1.54) is 0 Å². The molecule has 0 aromatic heterocycles. The van der Waals surface area contributed by atoms with Gasteiger partial charge in [-0.2, -0.15) is 0 Å². The summed E-state index contributed by atoms with van der Waals surface area (Å²) in [5.41, 5.74) is 2.98. The first-order valence-electron chi connectivity index (χ1n) is 3.39. The van der Waals surface area contributed by atoms with Gasteiger partial charge in [0, 0.05) is 5.56 Å². The SMILES string of the molecule is C#Cc1cccc([C]=C)c1C. The summed E-state index contributed by atoms with van der Waals surface area (Å²) in [6, 6.07) is 5.77. The Morgan fingerprint density at radius 1 is 1.36 bits per heavy atom. The average Bonchev–Trinajstić information content (AvgIpc) is 2.05. The van der Waals surface area contributed by atoms with Gasteiger partial charge in [0.1, 0.15) is 0 Å². The molecule has 0 N–H and O–H groups in total. The molecule has 0 spiro atoms. The molecule has 1 aromatic rings. The highest BCUT2D eigenvalue weighted by atomic mass is 14.0. The van der Waals surface area contributed by atoms with Crippen LogP contribution in [0.25, 0.3) is 0 Å². The first kappa shape index (κ1) is 7.63. The molecule has 0 nitrogen and oxygen atoms in total. The van der Waals surface area contributed by atoms with E-state index in [4.69, 9.17) is 6.42 Å². The van der Waals surface area contributed by atoms with Crippen molar-refractivity contribution in [1.82, 2.24) is 0 Å². The van der Waals surface area contributed by atoms with Crippen LogP contribution in [0.4, 0.5) is 0 Å². The Hall–Kier alpha value is -1.48. The number of hydrogen-bond acceptors (Lipinski definition) is 0. The monoisotopic (exact) mass is 141 g/mol. The van der Waals surface area contributed by atoms with Crippen molar-refractivity contribution in [2.45, 2.75) is 6.92 Å². The third-order valence-electron chi connectivity index (χ3n) is 1.68. The van der Waals surface area contributed by atoms with Crippen molar-refractivity contribution >= 4 is 0 Å². The van der Waals surface area contributed by atoms with E-state index in [9.17, 15) is 0 Å². The van der Waals surface area contributed by atoms with Gasteiger partial charge in [0.25, 0.3) is 0 Å². The predicted octanol–water partition coefficient (Wildman–Crippen LogP) is 2.31. The van der Waals surface area contributed by atoms with Crippen LogP contribution in [-0.2, 0) is 0 Å². The number of rotatable bonds is 1. The average molecular weight is 141 g/mol. The Balaban J connectivity index is 3.34. The molecule has 0 heterocycles. The quantitative estimate of drug-likeness (QED) is 0.526. The predicted molar refractivity (Wildman–Crippen MR) is 47.1 cm³/mol. The zero-order valence-electron chi connectivity index (χ0n) is 6.52. The third-order valence-corrected chi connectivity index (χ3v) is 1.68. The molecule has 11 heavy (non-hydrogen) atoms. The fourth-order valence-corrected chi connectivity index (χ4v) is 0.984. The lowest BCUT2D eigenvalue weighted by molar-refractivity contribution is 1.38. The summed E-state index contributed by atoms with van der Waals surface area (Å²) in [6.07, 6.45) is 8.10.